The fourth-order valence-corrected chi connectivity index (χ4v) is 2.79. The quantitative estimate of drug-likeness (QED) is 0.749. The van der Waals surface area contributed by atoms with Gasteiger partial charge in [0, 0.05) is 32.8 Å². The smallest absolute Gasteiger partial charge is 0.257 e. The summed E-state index contributed by atoms with van der Waals surface area (Å²) in [6.45, 7) is 5.96. The number of hydrogen-bond donors (Lipinski definition) is 2. The van der Waals surface area contributed by atoms with Crippen molar-refractivity contribution < 1.29 is 14.3 Å². The molecule has 2 heterocycles. The van der Waals surface area contributed by atoms with E-state index in [1.165, 1.54) is 0 Å². The number of para-hydroxylation sites is 2. The SMILES string of the molecule is CCOCCCn1c(NC(=O)C2CNCCO2)nc2ccccc21. The predicted octanol–water partition coefficient (Wildman–Crippen LogP) is 1.39. The molecule has 0 aliphatic carbocycles. The topological polar surface area (TPSA) is 77.4 Å². The molecule has 0 bridgehead atoms. The van der Waals surface area contributed by atoms with Crippen molar-refractivity contribution in [1.82, 2.24) is 14.9 Å². The average molecular weight is 332 g/mol. The zero-order valence-electron chi connectivity index (χ0n) is 14.0. The lowest BCUT2D eigenvalue weighted by molar-refractivity contribution is -0.128. The van der Waals surface area contributed by atoms with Gasteiger partial charge in [-0.15, -0.1) is 0 Å². The van der Waals surface area contributed by atoms with Crippen LogP contribution in [0.2, 0.25) is 0 Å². The molecule has 0 saturated carbocycles. The molecule has 1 aromatic carbocycles. The Morgan fingerprint density at radius 2 is 2.38 bits per heavy atom. The molecule has 3 rings (SSSR count). The lowest BCUT2D eigenvalue weighted by atomic mass is 10.3. The third kappa shape index (κ3) is 3.92. The van der Waals surface area contributed by atoms with Crippen LogP contribution in [0.3, 0.4) is 0 Å². The summed E-state index contributed by atoms with van der Waals surface area (Å²) < 4.78 is 12.9. The van der Waals surface area contributed by atoms with Crippen molar-refractivity contribution in [1.29, 1.82) is 0 Å². The third-order valence-electron chi connectivity index (χ3n) is 3.98. The van der Waals surface area contributed by atoms with Crippen LogP contribution in [0.15, 0.2) is 24.3 Å². The summed E-state index contributed by atoms with van der Waals surface area (Å²) in [5.74, 6) is 0.399. The Labute approximate surface area is 141 Å². The van der Waals surface area contributed by atoms with Crippen LogP contribution in [0.5, 0.6) is 0 Å². The van der Waals surface area contributed by atoms with Crippen molar-refractivity contribution in [2.45, 2.75) is 26.0 Å². The molecule has 2 aromatic rings. The number of amides is 1. The number of carbonyl (C=O) groups is 1. The van der Waals surface area contributed by atoms with Gasteiger partial charge in [0.25, 0.3) is 5.91 Å². The highest BCUT2D eigenvalue weighted by molar-refractivity contribution is 5.94. The van der Waals surface area contributed by atoms with Crippen LogP contribution >= 0.6 is 0 Å². The van der Waals surface area contributed by atoms with Gasteiger partial charge in [-0.2, -0.15) is 0 Å². The molecule has 1 unspecified atom stereocenters. The number of aromatic nitrogens is 2. The van der Waals surface area contributed by atoms with Crippen molar-refractivity contribution >= 4 is 22.9 Å². The highest BCUT2D eigenvalue weighted by atomic mass is 16.5. The van der Waals surface area contributed by atoms with Gasteiger partial charge in [0.1, 0.15) is 6.10 Å². The first-order valence-corrected chi connectivity index (χ1v) is 8.45. The van der Waals surface area contributed by atoms with Crippen LogP contribution in [0.1, 0.15) is 13.3 Å². The summed E-state index contributed by atoms with van der Waals surface area (Å²) in [4.78, 5) is 17.0. The van der Waals surface area contributed by atoms with E-state index in [2.05, 4.69) is 15.6 Å². The molecular weight excluding hydrogens is 308 g/mol. The molecule has 1 aliphatic rings. The van der Waals surface area contributed by atoms with Crippen LogP contribution in [0, 0.1) is 0 Å². The summed E-state index contributed by atoms with van der Waals surface area (Å²) >= 11 is 0. The zero-order valence-corrected chi connectivity index (χ0v) is 14.0. The number of morpholine rings is 1. The number of imidazole rings is 1. The van der Waals surface area contributed by atoms with Gasteiger partial charge >= 0.3 is 0 Å². The van der Waals surface area contributed by atoms with Crippen LogP contribution in [-0.4, -0.2) is 54.5 Å². The molecule has 0 spiro atoms. The van der Waals surface area contributed by atoms with Crippen molar-refractivity contribution in [2.75, 3.05) is 38.2 Å². The molecule has 1 atom stereocenters. The van der Waals surface area contributed by atoms with Gasteiger partial charge < -0.3 is 19.4 Å². The Morgan fingerprint density at radius 1 is 1.50 bits per heavy atom. The maximum Gasteiger partial charge on any atom is 0.257 e. The third-order valence-corrected chi connectivity index (χ3v) is 3.98. The number of benzene rings is 1. The highest BCUT2D eigenvalue weighted by Crippen LogP contribution is 2.20. The monoisotopic (exact) mass is 332 g/mol. The highest BCUT2D eigenvalue weighted by Gasteiger charge is 2.23. The first kappa shape index (κ1) is 16.9. The van der Waals surface area contributed by atoms with Crippen molar-refractivity contribution in [3.63, 3.8) is 0 Å². The zero-order chi connectivity index (χ0) is 16.8. The first-order chi connectivity index (χ1) is 11.8. The Morgan fingerprint density at radius 3 is 3.17 bits per heavy atom. The average Bonchev–Trinajstić information content (AvgIpc) is 2.97. The molecular formula is C17H24N4O3. The molecule has 1 aliphatic heterocycles. The summed E-state index contributed by atoms with van der Waals surface area (Å²) in [6, 6.07) is 7.88. The van der Waals surface area contributed by atoms with Crippen LogP contribution in [-0.2, 0) is 20.8 Å². The predicted molar refractivity (Wildman–Crippen MR) is 92.1 cm³/mol. The number of carbonyl (C=O) groups excluding carboxylic acids is 1. The second-order valence-electron chi connectivity index (χ2n) is 5.68. The van der Waals surface area contributed by atoms with Crippen molar-refractivity contribution in [3.05, 3.63) is 24.3 Å². The van der Waals surface area contributed by atoms with Crippen LogP contribution in [0.25, 0.3) is 11.0 Å². The minimum Gasteiger partial charge on any atom is -0.382 e. The Balaban J connectivity index is 1.76. The van der Waals surface area contributed by atoms with Crippen molar-refractivity contribution in [2.24, 2.45) is 0 Å². The summed E-state index contributed by atoms with van der Waals surface area (Å²) in [6.07, 6.45) is 0.383. The molecule has 1 amide bonds. The van der Waals surface area contributed by atoms with Gasteiger partial charge in [0.05, 0.1) is 17.6 Å². The van der Waals surface area contributed by atoms with E-state index in [0.29, 0.717) is 32.3 Å². The lowest BCUT2D eigenvalue weighted by Gasteiger charge is -2.22. The lowest BCUT2D eigenvalue weighted by Crippen LogP contribution is -2.45. The minimum absolute atomic E-state index is 0.163. The number of ether oxygens (including phenoxy) is 2. The van der Waals surface area contributed by atoms with E-state index in [1.54, 1.807) is 0 Å². The normalized spacial score (nSPS) is 18.0. The van der Waals surface area contributed by atoms with E-state index in [0.717, 1.165) is 30.5 Å². The molecule has 2 N–H and O–H groups in total. The molecule has 0 radical (unpaired) electrons. The van der Waals surface area contributed by atoms with Gasteiger partial charge in [-0.1, -0.05) is 12.1 Å². The van der Waals surface area contributed by atoms with E-state index in [4.69, 9.17) is 9.47 Å². The van der Waals surface area contributed by atoms with Gasteiger partial charge in [-0.25, -0.2) is 4.98 Å². The Hall–Kier alpha value is -1.96. The number of fused-ring (bicyclic) bond motifs is 1. The molecule has 130 valence electrons. The van der Waals surface area contributed by atoms with Gasteiger partial charge in [-0.05, 0) is 25.5 Å². The standard InChI is InChI=1S/C17H24N4O3/c1-2-23-10-5-9-21-14-7-4-3-6-13(14)19-17(21)20-16(22)15-12-18-8-11-24-15/h3-4,6-7,15,18H,2,5,8-12H2,1H3,(H,19,20,22). The molecule has 7 nitrogen and oxygen atoms in total. The fraction of sp³-hybridized carbons (Fsp3) is 0.529. The van der Waals surface area contributed by atoms with Crippen LogP contribution in [0.4, 0.5) is 5.95 Å². The number of anilines is 1. The summed E-state index contributed by atoms with van der Waals surface area (Å²) in [5.41, 5.74) is 1.87. The van der Waals surface area contributed by atoms with Gasteiger partial charge in [0.2, 0.25) is 5.95 Å². The van der Waals surface area contributed by atoms with Gasteiger partial charge in [0.15, 0.2) is 0 Å². The maximum absolute atomic E-state index is 12.4. The van der Waals surface area contributed by atoms with E-state index in [-0.39, 0.29) is 5.91 Å². The Kier molecular flexibility index (Phi) is 5.79. The number of nitrogens with one attached hydrogen (secondary N) is 2. The molecule has 7 heteroatoms. The van der Waals surface area contributed by atoms with E-state index in [9.17, 15) is 4.79 Å². The van der Waals surface area contributed by atoms with Crippen LogP contribution < -0.4 is 10.6 Å². The largest absolute Gasteiger partial charge is 0.382 e. The molecule has 1 aromatic heterocycles. The summed E-state index contributed by atoms with van der Waals surface area (Å²) in [7, 11) is 0. The van der Waals surface area contributed by atoms with E-state index in [1.807, 2.05) is 35.8 Å². The first-order valence-electron chi connectivity index (χ1n) is 8.45. The number of rotatable bonds is 7. The number of nitrogens with zero attached hydrogens (tertiary/aromatic N) is 2. The van der Waals surface area contributed by atoms with Gasteiger partial charge in [-0.3, -0.25) is 10.1 Å². The molecule has 24 heavy (non-hydrogen) atoms. The fourth-order valence-electron chi connectivity index (χ4n) is 2.79. The second-order valence-corrected chi connectivity index (χ2v) is 5.68. The second kappa shape index (κ2) is 8.23. The number of aryl methyl sites for hydroxylation is 1. The molecule has 1 saturated heterocycles. The maximum atomic E-state index is 12.4. The van der Waals surface area contributed by atoms with Crippen molar-refractivity contribution in [3.8, 4) is 0 Å². The molecule has 1 fully saturated rings. The van der Waals surface area contributed by atoms with E-state index >= 15 is 0 Å². The van der Waals surface area contributed by atoms with E-state index < -0.39 is 6.10 Å². The Bertz CT molecular complexity index is 680. The summed E-state index contributed by atoms with van der Waals surface area (Å²) in [5, 5.41) is 6.08. The minimum atomic E-state index is -0.476. The number of hydrogen-bond acceptors (Lipinski definition) is 5.